The van der Waals surface area contributed by atoms with E-state index < -0.39 is 0 Å². The van der Waals surface area contributed by atoms with Gasteiger partial charge in [-0.2, -0.15) is 0 Å². The molecule has 1 aromatic rings. The molecule has 2 aliphatic rings. The molecule has 3 heterocycles. The summed E-state index contributed by atoms with van der Waals surface area (Å²) in [5.41, 5.74) is 6.98. The minimum atomic E-state index is 0.638. The van der Waals surface area contributed by atoms with Crippen molar-refractivity contribution in [3.05, 3.63) is 18.2 Å². The minimum Gasteiger partial charge on any atom is -0.330 e. The van der Waals surface area contributed by atoms with Crippen molar-refractivity contribution in [1.82, 2.24) is 14.5 Å². The van der Waals surface area contributed by atoms with E-state index in [-0.39, 0.29) is 0 Å². The van der Waals surface area contributed by atoms with Crippen LogP contribution in [0.4, 0.5) is 0 Å². The first-order chi connectivity index (χ1) is 8.40. The van der Waals surface area contributed by atoms with Crippen molar-refractivity contribution in [3.63, 3.8) is 0 Å². The molecule has 0 radical (unpaired) electrons. The maximum Gasteiger partial charge on any atom is 0.0951 e. The fourth-order valence-corrected chi connectivity index (χ4v) is 3.52. The van der Waals surface area contributed by atoms with Crippen LogP contribution in [0.2, 0.25) is 0 Å². The highest BCUT2D eigenvalue weighted by atomic mass is 15.2. The Morgan fingerprint density at radius 1 is 1.24 bits per heavy atom. The van der Waals surface area contributed by atoms with E-state index in [0.29, 0.717) is 12.6 Å². The third-order valence-electron chi connectivity index (χ3n) is 4.32. The van der Waals surface area contributed by atoms with E-state index in [0.717, 1.165) is 12.5 Å². The lowest BCUT2D eigenvalue weighted by Crippen LogP contribution is -2.38. The van der Waals surface area contributed by atoms with Gasteiger partial charge in [0, 0.05) is 30.9 Å². The zero-order chi connectivity index (χ0) is 11.7. The number of fused-ring (bicyclic) bond motifs is 1. The number of nitrogens with zero attached hydrogens (tertiary/aromatic N) is 3. The summed E-state index contributed by atoms with van der Waals surface area (Å²) >= 11 is 0. The average Bonchev–Trinajstić information content (AvgIpc) is 2.95. The first-order valence-electron chi connectivity index (χ1n) is 6.85. The molecule has 0 saturated carbocycles. The molecule has 0 aromatic carbocycles. The summed E-state index contributed by atoms with van der Waals surface area (Å²) in [4.78, 5) is 6.98. The monoisotopic (exact) mass is 234 g/mol. The quantitative estimate of drug-likeness (QED) is 0.854. The maximum atomic E-state index is 5.67. The number of nitrogens with two attached hydrogens (primary N) is 1. The summed E-state index contributed by atoms with van der Waals surface area (Å²) in [7, 11) is 0. The normalized spacial score (nSPS) is 29.5. The Morgan fingerprint density at radius 3 is 3.06 bits per heavy atom. The van der Waals surface area contributed by atoms with Crippen LogP contribution in [0.3, 0.4) is 0 Å². The van der Waals surface area contributed by atoms with Crippen molar-refractivity contribution >= 4 is 0 Å². The fourth-order valence-electron chi connectivity index (χ4n) is 3.52. The van der Waals surface area contributed by atoms with Crippen molar-refractivity contribution in [2.45, 2.75) is 44.2 Å². The van der Waals surface area contributed by atoms with Crippen molar-refractivity contribution < 1.29 is 0 Å². The average molecular weight is 234 g/mol. The van der Waals surface area contributed by atoms with E-state index >= 15 is 0 Å². The molecule has 0 spiro atoms. The molecule has 2 fully saturated rings. The van der Waals surface area contributed by atoms with Crippen molar-refractivity contribution in [2.75, 3.05) is 19.6 Å². The molecular formula is C13H22N4. The van der Waals surface area contributed by atoms with Crippen molar-refractivity contribution in [3.8, 4) is 0 Å². The van der Waals surface area contributed by atoms with Crippen LogP contribution in [0.5, 0.6) is 0 Å². The summed E-state index contributed by atoms with van der Waals surface area (Å²) in [5, 5.41) is 0. The SMILES string of the molecule is NCCc1cncn1C1CCN2CCCCC12. The number of aromatic nitrogens is 2. The number of hydrogen-bond acceptors (Lipinski definition) is 3. The predicted octanol–water partition coefficient (Wildman–Crippen LogP) is 1.18. The van der Waals surface area contributed by atoms with Gasteiger partial charge in [0.2, 0.25) is 0 Å². The molecule has 3 rings (SSSR count). The summed E-state index contributed by atoms with van der Waals surface area (Å²) in [6.45, 7) is 3.27. The van der Waals surface area contributed by atoms with E-state index in [4.69, 9.17) is 5.73 Å². The topological polar surface area (TPSA) is 47.1 Å². The molecule has 0 aliphatic carbocycles. The molecule has 4 nitrogen and oxygen atoms in total. The number of piperidine rings is 1. The number of rotatable bonds is 3. The highest BCUT2D eigenvalue weighted by Crippen LogP contribution is 2.35. The summed E-state index contributed by atoms with van der Waals surface area (Å²) in [6.07, 6.45) is 10.3. The standard InChI is InChI=1S/C13H22N4/c14-6-4-11-9-15-10-17(11)13-5-8-16-7-2-1-3-12(13)16/h9-10,12-13H,1-8,14H2. The summed E-state index contributed by atoms with van der Waals surface area (Å²) in [5.74, 6) is 0. The van der Waals surface area contributed by atoms with Gasteiger partial charge in [0.15, 0.2) is 0 Å². The van der Waals surface area contributed by atoms with Crippen LogP contribution in [0.1, 0.15) is 37.4 Å². The van der Waals surface area contributed by atoms with Crippen LogP contribution in [0, 0.1) is 0 Å². The van der Waals surface area contributed by atoms with E-state index in [9.17, 15) is 0 Å². The zero-order valence-corrected chi connectivity index (χ0v) is 10.4. The lowest BCUT2D eigenvalue weighted by Gasteiger charge is -2.33. The second kappa shape index (κ2) is 4.78. The third kappa shape index (κ3) is 2.00. The molecule has 0 amide bonds. The van der Waals surface area contributed by atoms with Gasteiger partial charge in [-0.1, -0.05) is 6.42 Å². The van der Waals surface area contributed by atoms with Gasteiger partial charge in [0.25, 0.3) is 0 Å². The predicted molar refractivity (Wildman–Crippen MR) is 67.9 cm³/mol. The van der Waals surface area contributed by atoms with Crippen molar-refractivity contribution in [1.29, 1.82) is 0 Å². The zero-order valence-electron chi connectivity index (χ0n) is 10.4. The van der Waals surface area contributed by atoms with Gasteiger partial charge in [-0.25, -0.2) is 4.98 Å². The van der Waals surface area contributed by atoms with Crippen LogP contribution in [-0.2, 0) is 6.42 Å². The van der Waals surface area contributed by atoms with Crippen LogP contribution in [0.15, 0.2) is 12.5 Å². The van der Waals surface area contributed by atoms with Gasteiger partial charge in [0.1, 0.15) is 0 Å². The van der Waals surface area contributed by atoms with Gasteiger partial charge in [-0.05, 0) is 32.4 Å². The molecule has 2 saturated heterocycles. The Bertz CT molecular complexity index is 373. The van der Waals surface area contributed by atoms with E-state index in [1.165, 1.54) is 44.5 Å². The Kier molecular flexibility index (Phi) is 3.16. The Balaban J connectivity index is 1.81. The van der Waals surface area contributed by atoms with Crippen LogP contribution >= 0.6 is 0 Å². The smallest absolute Gasteiger partial charge is 0.0951 e. The first-order valence-corrected chi connectivity index (χ1v) is 6.85. The van der Waals surface area contributed by atoms with E-state index in [2.05, 4.69) is 14.5 Å². The molecule has 2 N–H and O–H groups in total. The second-order valence-corrected chi connectivity index (χ2v) is 5.29. The molecule has 1 aromatic heterocycles. The van der Waals surface area contributed by atoms with Gasteiger partial charge in [-0.3, -0.25) is 4.90 Å². The molecule has 4 heteroatoms. The Labute approximate surface area is 103 Å². The minimum absolute atomic E-state index is 0.638. The van der Waals surface area contributed by atoms with Crippen LogP contribution in [-0.4, -0.2) is 40.1 Å². The van der Waals surface area contributed by atoms with Gasteiger partial charge in [-0.15, -0.1) is 0 Å². The first kappa shape index (κ1) is 11.2. The van der Waals surface area contributed by atoms with Gasteiger partial charge < -0.3 is 10.3 Å². The van der Waals surface area contributed by atoms with Crippen LogP contribution in [0.25, 0.3) is 0 Å². The van der Waals surface area contributed by atoms with E-state index in [1.807, 2.05) is 12.5 Å². The lowest BCUT2D eigenvalue weighted by molar-refractivity contribution is 0.172. The number of hydrogen-bond donors (Lipinski definition) is 1. The Hall–Kier alpha value is -0.870. The van der Waals surface area contributed by atoms with Crippen LogP contribution < -0.4 is 5.73 Å². The van der Waals surface area contributed by atoms with E-state index in [1.54, 1.807) is 0 Å². The second-order valence-electron chi connectivity index (χ2n) is 5.29. The summed E-state index contributed by atoms with van der Waals surface area (Å²) < 4.78 is 2.39. The van der Waals surface area contributed by atoms with Crippen molar-refractivity contribution in [2.24, 2.45) is 5.73 Å². The third-order valence-corrected chi connectivity index (χ3v) is 4.32. The largest absolute Gasteiger partial charge is 0.330 e. The molecule has 2 unspecified atom stereocenters. The fraction of sp³-hybridized carbons (Fsp3) is 0.769. The molecule has 2 atom stereocenters. The highest BCUT2D eigenvalue weighted by molar-refractivity contribution is 5.05. The molecule has 0 bridgehead atoms. The summed E-state index contributed by atoms with van der Waals surface area (Å²) in [6, 6.07) is 1.38. The Morgan fingerprint density at radius 2 is 2.18 bits per heavy atom. The van der Waals surface area contributed by atoms with Gasteiger partial charge >= 0.3 is 0 Å². The molecular weight excluding hydrogens is 212 g/mol. The molecule has 17 heavy (non-hydrogen) atoms. The number of imidazole rings is 1. The highest BCUT2D eigenvalue weighted by Gasteiger charge is 2.36. The lowest BCUT2D eigenvalue weighted by atomic mass is 9.98. The maximum absolute atomic E-state index is 5.67. The molecule has 94 valence electrons. The molecule has 2 aliphatic heterocycles. The van der Waals surface area contributed by atoms with Gasteiger partial charge in [0.05, 0.1) is 12.4 Å².